The Balaban J connectivity index is 2.21. The number of carbonyl (C=O) groups is 2. The number of ether oxygens (including phenoxy) is 3. The molecule has 0 aliphatic carbocycles. The minimum absolute atomic E-state index is 0.0573. The van der Waals surface area contributed by atoms with E-state index in [0.29, 0.717) is 31.2 Å². The van der Waals surface area contributed by atoms with Crippen LogP contribution in [0.3, 0.4) is 0 Å². The van der Waals surface area contributed by atoms with Crippen LogP contribution >= 0.6 is 0 Å². The molecule has 1 aromatic carbocycles. The Labute approximate surface area is 203 Å². The zero-order chi connectivity index (χ0) is 25.2. The van der Waals surface area contributed by atoms with Gasteiger partial charge in [0.1, 0.15) is 17.5 Å². The van der Waals surface area contributed by atoms with Gasteiger partial charge in [-0.05, 0) is 64.8 Å². The van der Waals surface area contributed by atoms with Crippen molar-refractivity contribution >= 4 is 17.8 Å². The molecule has 0 saturated carbocycles. The number of aliphatic hydroxyl groups excluding tert-OH is 1. The Kier molecular flexibility index (Phi) is 10.4. The van der Waals surface area contributed by atoms with Crippen molar-refractivity contribution in [2.75, 3.05) is 19.8 Å². The van der Waals surface area contributed by atoms with Gasteiger partial charge in [0.05, 0.1) is 6.61 Å². The molecule has 0 bridgehead atoms. The van der Waals surface area contributed by atoms with E-state index in [0.717, 1.165) is 24.8 Å². The summed E-state index contributed by atoms with van der Waals surface area (Å²) in [6.07, 6.45) is 3.23. The third-order valence-corrected chi connectivity index (χ3v) is 5.52. The van der Waals surface area contributed by atoms with E-state index in [1.54, 1.807) is 12.1 Å². The standard InChI is InChI=1S/C26H40N2O6/c1-6-7-8-16-27-24(31)26(15-14-22(30)34-25(3,4)5)19(2)33-23(28-26)20-10-12-21(13-11-20)32-18-9-17-29/h10-13,19,29H,6-9,14-18H2,1-5H3,(H,27,31)/t19-,26-/m1/s1. The van der Waals surface area contributed by atoms with Crippen LogP contribution in [-0.4, -0.2) is 59.9 Å². The molecule has 34 heavy (non-hydrogen) atoms. The van der Waals surface area contributed by atoms with Crippen molar-refractivity contribution in [1.82, 2.24) is 5.32 Å². The molecule has 8 nitrogen and oxygen atoms in total. The minimum Gasteiger partial charge on any atom is -0.494 e. The number of aliphatic imine (C=N–C) groups is 1. The number of unbranched alkanes of at least 4 members (excludes halogenated alkanes) is 2. The van der Waals surface area contributed by atoms with Gasteiger partial charge in [-0.1, -0.05) is 19.8 Å². The summed E-state index contributed by atoms with van der Waals surface area (Å²) in [5.41, 5.74) is -1.09. The third kappa shape index (κ3) is 8.01. The molecule has 190 valence electrons. The number of aliphatic hydroxyl groups is 1. The van der Waals surface area contributed by atoms with Crippen LogP contribution in [0.2, 0.25) is 0 Å². The molecule has 2 atom stereocenters. The molecule has 1 amide bonds. The highest BCUT2D eigenvalue weighted by Gasteiger charge is 2.50. The highest BCUT2D eigenvalue weighted by molar-refractivity contribution is 6.00. The molecule has 8 heteroatoms. The maximum absolute atomic E-state index is 13.3. The van der Waals surface area contributed by atoms with Crippen LogP contribution in [0.25, 0.3) is 0 Å². The van der Waals surface area contributed by atoms with E-state index in [4.69, 9.17) is 24.3 Å². The van der Waals surface area contributed by atoms with E-state index in [-0.39, 0.29) is 31.3 Å². The molecule has 0 saturated heterocycles. The largest absolute Gasteiger partial charge is 0.494 e. The van der Waals surface area contributed by atoms with E-state index in [1.807, 2.05) is 39.8 Å². The number of esters is 1. The number of carbonyl (C=O) groups excluding carboxylic acids is 2. The van der Waals surface area contributed by atoms with Crippen LogP contribution in [0.1, 0.15) is 78.7 Å². The lowest BCUT2D eigenvalue weighted by molar-refractivity contribution is -0.155. The fourth-order valence-corrected chi connectivity index (χ4v) is 3.67. The van der Waals surface area contributed by atoms with Gasteiger partial charge in [0.25, 0.3) is 5.91 Å². The number of nitrogens with zero attached hydrogens (tertiary/aromatic N) is 1. The molecule has 1 aromatic rings. The summed E-state index contributed by atoms with van der Waals surface area (Å²) in [7, 11) is 0. The average Bonchev–Trinajstić information content (AvgIpc) is 3.12. The van der Waals surface area contributed by atoms with Crippen molar-refractivity contribution in [2.45, 2.75) is 90.4 Å². The number of hydrogen-bond acceptors (Lipinski definition) is 7. The number of benzene rings is 1. The second-order valence-corrected chi connectivity index (χ2v) is 9.60. The average molecular weight is 477 g/mol. The summed E-state index contributed by atoms with van der Waals surface area (Å²) in [6, 6.07) is 7.25. The first-order valence-electron chi connectivity index (χ1n) is 12.2. The van der Waals surface area contributed by atoms with E-state index in [9.17, 15) is 9.59 Å². The van der Waals surface area contributed by atoms with Gasteiger partial charge in [0, 0.05) is 31.6 Å². The molecule has 1 aliphatic rings. The fourth-order valence-electron chi connectivity index (χ4n) is 3.67. The van der Waals surface area contributed by atoms with Gasteiger partial charge < -0.3 is 24.6 Å². The summed E-state index contributed by atoms with van der Waals surface area (Å²) < 4.78 is 17.1. The van der Waals surface area contributed by atoms with Crippen molar-refractivity contribution in [2.24, 2.45) is 4.99 Å². The number of rotatable bonds is 13. The maximum Gasteiger partial charge on any atom is 0.306 e. The van der Waals surface area contributed by atoms with Gasteiger partial charge in [0.2, 0.25) is 5.90 Å². The molecule has 2 N–H and O–H groups in total. The molecule has 0 radical (unpaired) electrons. The molecule has 1 heterocycles. The fraction of sp³-hybridized carbons (Fsp3) is 0.654. The summed E-state index contributed by atoms with van der Waals surface area (Å²) in [6.45, 7) is 10.4. The van der Waals surface area contributed by atoms with Gasteiger partial charge in [-0.25, -0.2) is 4.99 Å². The van der Waals surface area contributed by atoms with Gasteiger partial charge in [-0.15, -0.1) is 0 Å². The van der Waals surface area contributed by atoms with E-state index in [2.05, 4.69) is 12.2 Å². The van der Waals surface area contributed by atoms with Crippen LogP contribution < -0.4 is 10.1 Å². The van der Waals surface area contributed by atoms with Crippen molar-refractivity contribution in [3.05, 3.63) is 29.8 Å². The van der Waals surface area contributed by atoms with Crippen molar-refractivity contribution in [3.63, 3.8) is 0 Å². The monoisotopic (exact) mass is 476 g/mol. The Bertz CT molecular complexity index is 831. The minimum atomic E-state index is -1.21. The van der Waals surface area contributed by atoms with Crippen molar-refractivity contribution < 1.29 is 28.9 Å². The second-order valence-electron chi connectivity index (χ2n) is 9.60. The molecular formula is C26H40N2O6. The Morgan fingerprint density at radius 1 is 1.18 bits per heavy atom. The van der Waals surface area contributed by atoms with Crippen LogP contribution in [0.5, 0.6) is 5.75 Å². The van der Waals surface area contributed by atoms with Gasteiger partial charge in [-0.3, -0.25) is 9.59 Å². The smallest absolute Gasteiger partial charge is 0.306 e. The molecule has 2 rings (SSSR count). The Morgan fingerprint density at radius 3 is 2.50 bits per heavy atom. The van der Waals surface area contributed by atoms with Crippen molar-refractivity contribution in [3.8, 4) is 5.75 Å². The normalized spacial score (nSPS) is 19.8. The molecule has 0 spiro atoms. The first kappa shape index (κ1) is 27.6. The lowest BCUT2D eigenvalue weighted by atomic mass is 9.87. The SMILES string of the molecule is CCCCCNC(=O)[C@]1(CCC(=O)OC(C)(C)C)N=C(c2ccc(OCCCO)cc2)O[C@@H]1C. The molecular weight excluding hydrogens is 436 g/mol. The Morgan fingerprint density at radius 2 is 1.88 bits per heavy atom. The molecule has 0 unspecified atom stereocenters. The lowest BCUT2D eigenvalue weighted by Crippen LogP contribution is -2.51. The first-order chi connectivity index (χ1) is 16.1. The van der Waals surface area contributed by atoms with E-state index < -0.39 is 17.2 Å². The molecule has 0 aromatic heterocycles. The highest BCUT2D eigenvalue weighted by Crippen LogP contribution is 2.34. The molecule has 1 aliphatic heterocycles. The second kappa shape index (κ2) is 12.7. The summed E-state index contributed by atoms with van der Waals surface area (Å²) in [5, 5.41) is 11.9. The predicted octanol–water partition coefficient (Wildman–Crippen LogP) is 3.78. The summed E-state index contributed by atoms with van der Waals surface area (Å²) >= 11 is 0. The molecule has 0 fully saturated rings. The van der Waals surface area contributed by atoms with Gasteiger partial charge in [-0.2, -0.15) is 0 Å². The van der Waals surface area contributed by atoms with Crippen LogP contribution in [0, 0.1) is 0 Å². The third-order valence-electron chi connectivity index (χ3n) is 5.52. The number of amides is 1. The zero-order valence-corrected chi connectivity index (χ0v) is 21.2. The summed E-state index contributed by atoms with van der Waals surface area (Å²) in [5.74, 6) is 0.431. The van der Waals surface area contributed by atoms with E-state index >= 15 is 0 Å². The van der Waals surface area contributed by atoms with Gasteiger partial charge >= 0.3 is 5.97 Å². The van der Waals surface area contributed by atoms with Crippen LogP contribution in [0.15, 0.2) is 29.3 Å². The Hall–Kier alpha value is -2.61. The summed E-state index contributed by atoms with van der Waals surface area (Å²) in [4.78, 5) is 30.5. The van der Waals surface area contributed by atoms with Crippen LogP contribution in [0.4, 0.5) is 0 Å². The van der Waals surface area contributed by atoms with Crippen LogP contribution in [-0.2, 0) is 19.1 Å². The zero-order valence-electron chi connectivity index (χ0n) is 21.2. The van der Waals surface area contributed by atoms with Gasteiger partial charge in [0.15, 0.2) is 5.54 Å². The first-order valence-corrected chi connectivity index (χ1v) is 12.2. The predicted molar refractivity (Wildman–Crippen MR) is 131 cm³/mol. The quantitative estimate of drug-likeness (QED) is 0.331. The van der Waals surface area contributed by atoms with Crippen molar-refractivity contribution in [1.29, 1.82) is 0 Å². The topological polar surface area (TPSA) is 106 Å². The number of nitrogens with one attached hydrogen (secondary N) is 1. The highest BCUT2D eigenvalue weighted by atomic mass is 16.6. The van der Waals surface area contributed by atoms with E-state index in [1.165, 1.54) is 0 Å². The lowest BCUT2D eigenvalue weighted by Gasteiger charge is -2.28. The maximum atomic E-state index is 13.3. The number of hydrogen-bond donors (Lipinski definition) is 2.